The predicted molar refractivity (Wildman–Crippen MR) is 183 cm³/mol. The van der Waals surface area contributed by atoms with E-state index in [9.17, 15) is 5.11 Å². The summed E-state index contributed by atoms with van der Waals surface area (Å²) in [6.07, 6.45) is 2.90. The molecule has 218 valence electrons. The van der Waals surface area contributed by atoms with E-state index in [0.717, 1.165) is 67.5 Å². The van der Waals surface area contributed by atoms with Gasteiger partial charge in [0, 0.05) is 39.3 Å². The average molecular weight is 586 g/mol. The number of phenols is 1. The van der Waals surface area contributed by atoms with Crippen LogP contribution in [0.3, 0.4) is 0 Å². The van der Waals surface area contributed by atoms with E-state index in [1.54, 1.807) is 6.07 Å². The molecule has 45 heavy (non-hydrogen) atoms. The Morgan fingerprint density at radius 3 is 2.36 bits per heavy atom. The second kappa shape index (κ2) is 10.8. The number of hydrogen-bond donors (Lipinski definition) is 1. The first-order chi connectivity index (χ1) is 22.0. The molecule has 1 N–H and O–H groups in total. The predicted octanol–water partition coefficient (Wildman–Crippen LogP) is 10.2. The maximum absolute atomic E-state index is 10.9. The Bertz CT molecular complexity index is 2350. The van der Waals surface area contributed by atoms with Gasteiger partial charge in [-0.25, -0.2) is 4.98 Å². The molecule has 5 heteroatoms. The minimum Gasteiger partial charge on any atom is -0.507 e. The highest BCUT2D eigenvalue weighted by molar-refractivity contribution is 6.13. The highest BCUT2D eigenvalue weighted by Gasteiger charge is 2.22. The number of phenolic OH excluding ortho intramolecular Hbond substituents is 1. The molecule has 0 amide bonds. The van der Waals surface area contributed by atoms with Gasteiger partial charge < -0.3 is 9.52 Å². The van der Waals surface area contributed by atoms with Crippen LogP contribution in [-0.4, -0.2) is 19.6 Å². The summed E-state index contributed by atoms with van der Waals surface area (Å²) in [4.78, 5) is 10.1. The minimum absolute atomic E-state index is 0.181. The van der Waals surface area contributed by atoms with Crippen LogP contribution >= 0.6 is 0 Å². The van der Waals surface area contributed by atoms with Crippen LogP contribution in [0.4, 0.5) is 0 Å². The van der Waals surface area contributed by atoms with Gasteiger partial charge in [-0.2, -0.15) is 0 Å². The summed E-state index contributed by atoms with van der Waals surface area (Å²) in [6, 6.07) is 40.6. The third-order valence-corrected chi connectivity index (χ3v) is 8.38. The quantitative estimate of drug-likeness (QED) is 0.211. The second-order valence-electron chi connectivity index (χ2n) is 11.9. The number of rotatable bonds is 6. The number of fused-ring (bicyclic) bond motifs is 4. The highest BCUT2D eigenvalue weighted by atomic mass is 16.3. The molecule has 0 spiro atoms. The fourth-order valence-electron chi connectivity index (χ4n) is 6.40. The van der Waals surface area contributed by atoms with E-state index in [1.807, 2.05) is 60.8 Å². The maximum Gasteiger partial charge on any atom is 0.149 e. The van der Waals surface area contributed by atoms with Crippen molar-refractivity contribution in [3.8, 4) is 45.2 Å². The molecule has 0 aliphatic heterocycles. The van der Waals surface area contributed by atoms with Gasteiger partial charge in [0.1, 0.15) is 22.7 Å². The van der Waals surface area contributed by atoms with Crippen molar-refractivity contribution in [1.82, 2.24) is 14.5 Å². The summed E-state index contributed by atoms with van der Waals surface area (Å²) in [5.41, 5.74) is 10.1. The van der Waals surface area contributed by atoms with E-state index in [4.69, 9.17) is 14.4 Å². The number of nitrogens with zero attached hydrogens (tertiary/aromatic N) is 3. The smallest absolute Gasteiger partial charge is 0.149 e. The topological polar surface area (TPSA) is 64.1 Å². The summed E-state index contributed by atoms with van der Waals surface area (Å²) in [5.74, 6) is 1.40. The van der Waals surface area contributed by atoms with Crippen LogP contribution in [0.2, 0.25) is 0 Å². The number of pyridine rings is 1. The molecular formula is C40H31N3O2. The SMILES string of the molecule is CC(C)Cc1ccnc(-c2cc(-c3cccc4c3nc(-c3ccccc3O)n4-c3ccccc3)c3oc4ccccc4c3c2)c1. The summed E-state index contributed by atoms with van der Waals surface area (Å²) in [6.45, 7) is 4.47. The van der Waals surface area contributed by atoms with E-state index in [0.29, 0.717) is 17.3 Å². The molecule has 0 atom stereocenters. The maximum atomic E-state index is 10.9. The number of aromatic nitrogens is 3. The zero-order valence-corrected chi connectivity index (χ0v) is 25.1. The van der Waals surface area contributed by atoms with Gasteiger partial charge in [-0.15, -0.1) is 0 Å². The van der Waals surface area contributed by atoms with Gasteiger partial charge >= 0.3 is 0 Å². The van der Waals surface area contributed by atoms with Crippen molar-refractivity contribution in [3.63, 3.8) is 0 Å². The first kappa shape index (κ1) is 26.9. The van der Waals surface area contributed by atoms with Crippen LogP contribution in [0.5, 0.6) is 5.75 Å². The number of imidazole rings is 1. The lowest BCUT2D eigenvalue weighted by atomic mass is 9.95. The number of para-hydroxylation sites is 4. The molecule has 0 aliphatic carbocycles. The molecule has 0 radical (unpaired) electrons. The van der Waals surface area contributed by atoms with Crippen molar-refractivity contribution >= 4 is 33.0 Å². The lowest BCUT2D eigenvalue weighted by Gasteiger charge is -2.11. The summed E-state index contributed by atoms with van der Waals surface area (Å²) < 4.78 is 8.70. The van der Waals surface area contributed by atoms with Crippen LogP contribution < -0.4 is 0 Å². The molecule has 0 bridgehead atoms. The highest BCUT2D eigenvalue weighted by Crippen LogP contribution is 2.43. The van der Waals surface area contributed by atoms with Crippen LogP contribution in [0.1, 0.15) is 19.4 Å². The van der Waals surface area contributed by atoms with Crippen LogP contribution in [0.15, 0.2) is 132 Å². The molecule has 3 heterocycles. The van der Waals surface area contributed by atoms with Gasteiger partial charge in [-0.05, 0) is 78.6 Å². The molecular weight excluding hydrogens is 554 g/mol. The van der Waals surface area contributed by atoms with Gasteiger partial charge in [0.25, 0.3) is 0 Å². The lowest BCUT2D eigenvalue weighted by molar-refractivity contribution is 0.477. The monoisotopic (exact) mass is 585 g/mol. The Balaban J connectivity index is 1.44. The Morgan fingerprint density at radius 2 is 1.51 bits per heavy atom. The lowest BCUT2D eigenvalue weighted by Crippen LogP contribution is -1.97. The molecule has 3 aromatic heterocycles. The number of furan rings is 1. The Labute approximate surface area is 261 Å². The zero-order valence-electron chi connectivity index (χ0n) is 25.1. The molecule has 0 fully saturated rings. The third kappa shape index (κ3) is 4.64. The molecule has 8 rings (SSSR count). The second-order valence-corrected chi connectivity index (χ2v) is 11.9. The molecule has 5 aromatic carbocycles. The van der Waals surface area contributed by atoms with E-state index in [2.05, 4.69) is 79.1 Å². The summed E-state index contributed by atoms with van der Waals surface area (Å²) >= 11 is 0. The van der Waals surface area contributed by atoms with Gasteiger partial charge in [0.2, 0.25) is 0 Å². The van der Waals surface area contributed by atoms with Gasteiger partial charge in [0.15, 0.2) is 0 Å². The molecule has 0 aliphatic rings. The number of benzene rings is 5. The molecule has 5 nitrogen and oxygen atoms in total. The molecule has 0 unspecified atom stereocenters. The summed E-state index contributed by atoms with van der Waals surface area (Å²) in [5, 5.41) is 13.0. The van der Waals surface area contributed by atoms with Gasteiger partial charge in [0.05, 0.1) is 22.3 Å². The summed E-state index contributed by atoms with van der Waals surface area (Å²) in [7, 11) is 0. The first-order valence-corrected chi connectivity index (χ1v) is 15.3. The standard InChI is InChI=1S/C40H31N3O2/c1-25(2)21-26-19-20-41-34(22-26)27-23-32-29-13-7-9-18-37(29)45-39(32)33(24-27)30-15-10-16-35-38(30)42-40(31-14-6-8-17-36(31)44)43(35)28-11-4-3-5-12-28/h3-20,22-25,44H,21H2,1-2H3. The Kier molecular flexibility index (Phi) is 6.45. The van der Waals surface area contributed by atoms with E-state index in [-0.39, 0.29) is 5.75 Å². The van der Waals surface area contributed by atoms with Crippen molar-refractivity contribution < 1.29 is 9.52 Å². The first-order valence-electron chi connectivity index (χ1n) is 15.3. The van der Waals surface area contributed by atoms with Gasteiger partial charge in [-0.1, -0.05) is 74.5 Å². The van der Waals surface area contributed by atoms with E-state index < -0.39 is 0 Å². The van der Waals surface area contributed by atoms with Crippen molar-refractivity contribution in [3.05, 3.63) is 133 Å². The average Bonchev–Trinajstić information content (AvgIpc) is 3.64. The van der Waals surface area contributed by atoms with Crippen molar-refractivity contribution in [1.29, 1.82) is 0 Å². The van der Waals surface area contributed by atoms with Crippen LogP contribution in [-0.2, 0) is 6.42 Å². The fraction of sp³-hybridized carbons (Fsp3) is 0.100. The van der Waals surface area contributed by atoms with E-state index >= 15 is 0 Å². The molecule has 0 saturated heterocycles. The Hall–Kier alpha value is -5.68. The zero-order chi connectivity index (χ0) is 30.5. The largest absolute Gasteiger partial charge is 0.507 e. The van der Waals surface area contributed by atoms with Crippen molar-refractivity contribution in [2.24, 2.45) is 5.92 Å². The minimum atomic E-state index is 0.181. The molecule has 8 aromatic rings. The normalized spacial score (nSPS) is 11.7. The van der Waals surface area contributed by atoms with Crippen LogP contribution in [0, 0.1) is 5.92 Å². The van der Waals surface area contributed by atoms with Gasteiger partial charge in [-0.3, -0.25) is 9.55 Å². The van der Waals surface area contributed by atoms with E-state index in [1.165, 1.54) is 5.56 Å². The number of hydrogen-bond acceptors (Lipinski definition) is 4. The van der Waals surface area contributed by atoms with Crippen LogP contribution in [0.25, 0.3) is 72.4 Å². The fourth-order valence-corrected chi connectivity index (χ4v) is 6.40. The number of aromatic hydroxyl groups is 1. The Morgan fingerprint density at radius 1 is 0.733 bits per heavy atom. The molecule has 0 saturated carbocycles. The van der Waals surface area contributed by atoms with Crippen molar-refractivity contribution in [2.75, 3.05) is 0 Å². The van der Waals surface area contributed by atoms with Crippen molar-refractivity contribution in [2.45, 2.75) is 20.3 Å². The third-order valence-electron chi connectivity index (χ3n) is 8.38.